The number of nitrogens with zero attached hydrogens (tertiary/aromatic N) is 4. The number of hydrogen-bond donors (Lipinski definition) is 1. The number of nitrogens with one attached hydrogen (secondary N) is 1. The van der Waals surface area contributed by atoms with Gasteiger partial charge in [-0.3, -0.25) is 14.2 Å². The molecule has 7 heteroatoms. The van der Waals surface area contributed by atoms with Gasteiger partial charge in [-0.1, -0.05) is 35.4 Å². The Bertz CT molecular complexity index is 1360. The highest BCUT2D eigenvalue weighted by molar-refractivity contribution is 5.92. The van der Waals surface area contributed by atoms with Gasteiger partial charge in [-0.25, -0.2) is 9.67 Å². The first-order valence-electron chi connectivity index (χ1n) is 10.1. The minimum atomic E-state index is -0.298. The van der Waals surface area contributed by atoms with Crippen LogP contribution in [0.3, 0.4) is 0 Å². The van der Waals surface area contributed by atoms with Crippen molar-refractivity contribution in [3.63, 3.8) is 0 Å². The Morgan fingerprint density at radius 1 is 0.968 bits per heavy atom. The minimum Gasteiger partial charge on any atom is -0.324 e. The fraction of sp³-hybridized carbons (Fsp3) is 0.250. The molecule has 1 N–H and O–H groups in total. The molecule has 4 aromatic rings. The second-order valence-corrected chi connectivity index (χ2v) is 8.08. The lowest BCUT2D eigenvalue weighted by molar-refractivity contribution is -0.116. The van der Waals surface area contributed by atoms with Gasteiger partial charge in [-0.05, 0) is 57.4 Å². The van der Waals surface area contributed by atoms with Gasteiger partial charge in [-0.2, -0.15) is 5.10 Å². The number of rotatable bonds is 4. The summed E-state index contributed by atoms with van der Waals surface area (Å²) in [5.41, 5.74) is 7.13. The van der Waals surface area contributed by atoms with Crippen molar-refractivity contribution in [3.8, 4) is 5.69 Å². The summed E-state index contributed by atoms with van der Waals surface area (Å²) in [5, 5.41) is 7.68. The molecule has 0 atom stereocenters. The van der Waals surface area contributed by atoms with Gasteiger partial charge in [-0.15, -0.1) is 0 Å². The van der Waals surface area contributed by atoms with E-state index in [1.165, 1.54) is 17.1 Å². The highest BCUT2D eigenvalue weighted by Crippen LogP contribution is 2.22. The van der Waals surface area contributed by atoms with Crippen LogP contribution in [0, 0.1) is 34.6 Å². The number of aromatic nitrogens is 4. The third kappa shape index (κ3) is 3.86. The molecule has 1 amide bonds. The smallest absolute Gasteiger partial charge is 0.264 e. The van der Waals surface area contributed by atoms with Crippen molar-refractivity contribution in [1.29, 1.82) is 0 Å². The second kappa shape index (κ2) is 7.83. The molecule has 0 radical (unpaired) electrons. The SMILES string of the molecule is Cc1ccc(-n2ncc3c(=O)n(CC(=O)Nc4c(C)cc(C)cc4C)cnc32)c(C)c1. The summed E-state index contributed by atoms with van der Waals surface area (Å²) in [4.78, 5) is 30.0. The van der Waals surface area contributed by atoms with Crippen LogP contribution in [-0.2, 0) is 11.3 Å². The van der Waals surface area contributed by atoms with Crippen LogP contribution in [0.1, 0.15) is 27.8 Å². The summed E-state index contributed by atoms with van der Waals surface area (Å²) in [6.07, 6.45) is 2.91. The van der Waals surface area contributed by atoms with Crippen LogP contribution in [0.2, 0.25) is 0 Å². The normalized spacial score (nSPS) is 11.1. The molecule has 0 aliphatic carbocycles. The minimum absolute atomic E-state index is 0.122. The van der Waals surface area contributed by atoms with Crippen LogP contribution in [0.15, 0.2) is 47.7 Å². The van der Waals surface area contributed by atoms with E-state index in [1.54, 1.807) is 4.68 Å². The Morgan fingerprint density at radius 2 is 1.65 bits per heavy atom. The number of amides is 1. The number of anilines is 1. The van der Waals surface area contributed by atoms with Crippen LogP contribution >= 0.6 is 0 Å². The van der Waals surface area contributed by atoms with E-state index in [-0.39, 0.29) is 18.0 Å². The van der Waals surface area contributed by atoms with E-state index in [0.717, 1.165) is 39.2 Å². The highest BCUT2D eigenvalue weighted by Gasteiger charge is 2.15. The third-order valence-electron chi connectivity index (χ3n) is 5.39. The van der Waals surface area contributed by atoms with Crippen LogP contribution in [0.25, 0.3) is 16.7 Å². The molecule has 0 aliphatic rings. The first-order valence-corrected chi connectivity index (χ1v) is 10.1. The molecule has 2 aromatic heterocycles. The van der Waals surface area contributed by atoms with Gasteiger partial charge >= 0.3 is 0 Å². The third-order valence-corrected chi connectivity index (χ3v) is 5.39. The van der Waals surface area contributed by atoms with Crippen LogP contribution in [0.4, 0.5) is 5.69 Å². The Labute approximate surface area is 180 Å². The molecule has 0 saturated carbocycles. The average molecular weight is 415 g/mol. The van der Waals surface area contributed by atoms with Crippen LogP contribution in [0.5, 0.6) is 0 Å². The lowest BCUT2D eigenvalue weighted by Crippen LogP contribution is -2.28. The van der Waals surface area contributed by atoms with Crippen LogP contribution < -0.4 is 10.9 Å². The quantitative estimate of drug-likeness (QED) is 0.550. The molecule has 0 spiro atoms. The standard InChI is InChI=1S/C24H25N5O2/c1-14-6-7-20(16(3)8-14)29-23-19(11-26-29)24(31)28(13-25-23)12-21(30)27-22-17(4)9-15(2)10-18(22)5/h6-11,13H,12H2,1-5H3,(H,27,30). The van der Waals surface area contributed by atoms with E-state index in [2.05, 4.69) is 21.5 Å². The molecule has 0 saturated heterocycles. The monoisotopic (exact) mass is 415 g/mol. The van der Waals surface area contributed by atoms with Gasteiger partial charge in [0.2, 0.25) is 5.91 Å². The number of hydrogen-bond acceptors (Lipinski definition) is 4. The van der Waals surface area contributed by atoms with Crippen molar-refractivity contribution in [2.24, 2.45) is 0 Å². The first kappa shape index (κ1) is 20.5. The predicted molar refractivity (Wildman–Crippen MR) is 122 cm³/mol. The molecular formula is C24H25N5O2. The summed E-state index contributed by atoms with van der Waals surface area (Å²) in [5.74, 6) is -0.278. The Morgan fingerprint density at radius 3 is 2.32 bits per heavy atom. The Kier molecular flexibility index (Phi) is 5.19. The largest absolute Gasteiger partial charge is 0.324 e. The van der Waals surface area contributed by atoms with Crippen molar-refractivity contribution in [2.75, 3.05) is 5.32 Å². The van der Waals surface area contributed by atoms with Crippen molar-refractivity contribution >= 4 is 22.6 Å². The summed E-state index contributed by atoms with van der Waals surface area (Å²) in [6, 6.07) is 10.1. The van der Waals surface area contributed by atoms with Gasteiger partial charge in [0.25, 0.3) is 5.56 Å². The van der Waals surface area contributed by atoms with Crippen molar-refractivity contribution in [3.05, 3.63) is 81.0 Å². The van der Waals surface area contributed by atoms with Crippen LogP contribution in [-0.4, -0.2) is 25.2 Å². The molecule has 158 valence electrons. The number of carbonyl (C=O) groups is 1. The lowest BCUT2D eigenvalue weighted by atomic mass is 10.1. The fourth-order valence-corrected chi connectivity index (χ4v) is 3.99. The highest BCUT2D eigenvalue weighted by atomic mass is 16.2. The molecule has 31 heavy (non-hydrogen) atoms. The molecule has 4 rings (SSSR count). The molecule has 0 bridgehead atoms. The number of fused-ring (bicyclic) bond motifs is 1. The number of carbonyl (C=O) groups excluding carboxylic acids is 1. The van der Waals surface area contributed by atoms with E-state index in [1.807, 2.05) is 58.9 Å². The van der Waals surface area contributed by atoms with Gasteiger partial charge in [0.05, 0.1) is 11.9 Å². The summed E-state index contributed by atoms with van der Waals surface area (Å²) >= 11 is 0. The molecule has 0 fully saturated rings. The van der Waals surface area contributed by atoms with E-state index in [4.69, 9.17) is 0 Å². The number of benzene rings is 2. The van der Waals surface area contributed by atoms with Crippen molar-refractivity contribution in [2.45, 2.75) is 41.2 Å². The summed E-state index contributed by atoms with van der Waals surface area (Å²) in [6.45, 7) is 9.83. The van der Waals surface area contributed by atoms with Gasteiger partial charge in [0.15, 0.2) is 5.65 Å². The summed E-state index contributed by atoms with van der Waals surface area (Å²) < 4.78 is 2.97. The van der Waals surface area contributed by atoms with Gasteiger partial charge in [0, 0.05) is 5.69 Å². The maximum Gasteiger partial charge on any atom is 0.264 e. The lowest BCUT2D eigenvalue weighted by Gasteiger charge is -2.13. The molecule has 0 aliphatic heterocycles. The summed E-state index contributed by atoms with van der Waals surface area (Å²) in [7, 11) is 0. The van der Waals surface area contributed by atoms with E-state index in [0.29, 0.717) is 11.0 Å². The zero-order valence-electron chi connectivity index (χ0n) is 18.4. The zero-order valence-corrected chi connectivity index (χ0v) is 18.4. The Balaban J connectivity index is 1.64. The number of aryl methyl sites for hydroxylation is 5. The van der Waals surface area contributed by atoms with Gasteiger partial charge < -0.3 is 5.32 Å². The second-order valence-electron chi connectivity index (χ2n) is 8.08. The topological polar surface area (TPSA) is 81.8 Å². The molecule has 2 heterocycles. The zero-order chi connectivity index (χ0) is 22.3. The maximum atomic E-state index is 13.0. The van der Waals surface area contributed by atoms with Crippen molar-refractivity contribution < 1.29 is 4.79 Å². The van der Waals surface area contributed by atoms with E-state index >= 15 is 0 Å². The van der Waals surface area contributed by atoms with Gasteiger partial charge in [0.1, 0.15) is 18.3 Å². The average Bonchev–Trinajstić information content (AvgIpc) is 3.11. The fourth-order valence-electron chi connectivity index (χ4n) is 3.99. The Hall–Kier alpha value is -3.74. The predicted octanol–water partition coefficient (Wildman–Crippen LogP) is 3.76. The molecule has 2 aromatic carbocycles. The maximum absolute atomic E-state index is 13.0. The van der Waals surface area contributed by atoms with E-state index < -0.39 is 0 Å². The van der Waals surface area contributed by atoms with Crippen molar-refractivity contribution in [1.82, 2.24) is 19.3 Å². The molecule has 7 nitrogen and oxygen atoms in total. The molecular weight excluding hydrogens is 390 g/mol. The first-order chi connectivity index (χ1) is 14.7. The molecule has 0 unspecified atom stereocenters. The van der Waals surface area contributed by atoms with E-state index in [9.17, 15) is 9.59 Å².